The molecule has 4 aromatic rings. The van der Waals surface area contributed by atoms with E-state index in [4.69, 9.17) is 5.73 Å². The highest BCUT2D eigenvalue weighted by Gasteiger charge is 2.26. The van der Waals surface area contributed by atoms with Gasteiger partial charge in [0.25, 0.3) is 20.1 Å². The van der Waals surface area contributed by atoms with Crippen LogP contribution in [0.25, 0.3) is 10.8 Å². The maximum atomic E-state index is 13.5. The van der Waals surface area contributed by atoms with Crippen LogP contribution in [0, 0.1) is 0 Å². The van der Waals surface area contributed by atoms with Gasteiger partial charge < -0.3 is 10.8 Å². The van der Waals surface area contributed by atoms with E-state index in [-0.39, 0.29) is 39.3 Å². The van der Waals surface area contributed by atoms with E-state index in [2.05, 4.69) is 10.2 Å². The first kappa shape index (κ1) is 25.1. The molecule has 0 bridgehead atoms. The minimum absolute atomic E-state index is 0.00879. The third-order valence-electron chi connectivity index (χ3n) is 5.39. The van der Waals surface area contributed by atoms with Crippen LogP contribution in [0.2, 0.25) is 0 Å². The number of fused-ring (bicyclic) bond motifs is 1. The predicted octanol–water partition coefficient (Wildman–Crippen LogP) is 5.00. The number of sulfonamides is 1. The van der Waals surface area contributed by atoms with Gasteiger partial charge in [-0.05, 0) is 48.7 Å². The number of para-hydroxylation sites is 1. The van der Waals surface area contributed by atoms with Crippen molar-refractivity contribution in [2.45, 2.75) is 16.7 Å². The number of aromatic hydroxyl groups is 1. The Morgan fingerprint density at radius 2 is 1.56 bits per heavy atom. The van der Waals surface area contributed by atoms with Crippen molar-refractivity contribution in [3.63, 3.8) is 0 Å². The molecule has 0 heterocycles. The lowest BCUT2D eigenvalue weighted by Gasteiger charge is -2.23. The van der Waals surface area contributed by atoms with Gasteiger partial charge in [-0.15, -0.1) is 10.2 Å². The molecule has 186 valence electrons. The van der Waals surface area contributed by atoms with Crippen molar-refractivity contribution in [2.75, 3.05) is 16.6 Å². The second kappa shape index (κ2) is 9.57. The molecule has 0 spiro atoms. The van der Waals surface area contributed by atoms with Gasteiger partial charge >= 0.3 is 0 Å². The van der Waals surface area contributed by atoms with E-state index in [9.17, 15) is 26.5 Å². The Morgan fingerprint density at radius 1 is 0.889 bits per heavy atom. The molecule has 0 aromatic heterocycles. The fourth-order valence-corrected chi connectivity index (χ4v) is 5.87. The number of rotatable bonds is 7. The van der Waals surface area contributed by atoms with Gasteiger partial charge in [-0.3, -0.25) is 8.86 Å². The molecular formula is C24H22N4O6S2. The summed E-state index contributed by atoms with van der Waals surface area (Å²) in [5.41, 5.74) is 6.70. The number of phenolic OH excluding ortho intramolecular Hbond substituents is 1. The molecule has 0 amide bonds. The van der Waals surface area contributed by atoms with Crippen molar-refractivity contribution in [3.8, 4) is 5.75 Å². The molecular weight excluding hydrogens is 504 g/mol. The number of azo groups is 1. The monoisotopic (exact) mass is 526 g/mol. The van der Waals surface area contributed by atoms with Crippen LogP contribution in [-0.4, -0.2) is 33.0 Å². The molecule has 0 aliphatic rings. The fraction of sp³-hybridized carbons (Fsp3) is 0.0833. The SMILES string of the molecule is CCN(c1ccccc1)S(=O)(=O)c1ccccc1/N=N/c1c(N)ccc2cc(S(=O)(=O)O)cc(O)c12. The average Bonchev–Trinajstić information content (AvgIpc) is 2.84. The van der Waals surface area contributed by atoms with Crippen LogP contribution in [0.1, 0.15) is 6.92 Å². The van der Waals surface area contributed by atoms with Crippen molar-refractivity contribution in [3.05, 3.63) is 78.9 Å². The van der Waals surface area contributed by atoms with E-state index in [1.807, 2.05) is 0 Å². The number of nitrogens with two attached hydrogens (primary N) is 1. The molecule has 4 N–H and O–H groups in total. The fourth-order valence-electron chi connectivity index (χ4n) is 3.74. The van der Waals surface area contributed by atoms with E-state index in [0.29, 0.717) is 5.69 Å². The predicted molar refractivity (Wildman–Crippen MR) is 137 cm³/mol. The summed E-state index contributed by atoms with van der Waals surface area (Å²) in [7, 11) is -8.58. The van der Waals surface area contributed by atoms with Crippen LogP contribution in [-0.2, 0) is 20.1 Å². The number of hydrogen-bond acceptors (Lipinski definition) is 8. The molecule has 0 unspecified atom stereocenters. The van der Waals surface area contributed by atoms with Crippen molar-refractivity contribution < 1.29 is 26.5 Å². The summed E-state index contributed by atoms with van der Waals surface area (Å²) < 4.78 is 60.7. The molecule has 0 radical (unpaired) electrons. The molecule has 0 fully saturated rings. The van der Waals surface area contributed by atoms with Crippen molar-refractivity contribution in [1.82, 2.24) is 0 Å². The summed E-state index contributed by atoms with van der Waals surface area (Å²) in [5, 5.41) is 19.1. The molecule has 4 aromatic carbocycles. The van der Waals surface area contributed by atoms with Crippen LogP contribution >= 0.6 is 0 Å². The molecule has 10 nitrogen and oxygen atoms in total. The zero-order chi connectivity index (χ0) is 26.1. The van der Waals surface area contributed by atoms with Gasteiger partial charge in [0.15, 0.2) is 0 Å². The first-order chi connectivity index (χ1) is 17.0. The number of benzene rings is 4. The second-order valence-corrected chi connectivity index (χ2v) is 10.9. The zero-order valence-electron chi connectivity index (χ0n) is 19.0. The van der Waals surface area contributed by atoms with Gasteiger partial charge in [0.05, 0.1) is 21.7 Å². The van der Waals surface area contributed by atoms with E-state index < -0.39 is 30.8 Å². The van der Waals surface area contributed by atoms with Crippen molar-refractivity contribution in [2.24, 2.45) is 10.2 Å². The molecule has 0 aliphatic heterocycles. The zero-order valence-corrected chi connectivity index (χ0v) is 20.6. The van der Waals surface area contributed by atoms with E-state index >= 15 is 0 Å². The van der Waals surface area contributed by atoms with Gasteiger partial charge in [-0.25, -0.2) is 8.42 Å². The Morgan fingerprint density at radius 3 is 2.22 bits per heavy atom. The largest absolute Gasteiger partial charge is 0.507 e. The van der Waals surface area contributed by atoms with Gasteiger partial charge in [-0.2, -0.15) is 8.42 Å². The lowest BCUT2D eigenvalue weighted by molar-refractivity contribution is 0.471. The lowest BCUT2D eigenvalue weighted by atomic mass is 10.1. The second-order valence-electron chi connectivity index (χ2n) is 7.69. The van der Waals surface area contributed by atoms with Crippen molar-refractivity contribution in [1.29, 1.82) is 0 Å². The standard InChI is InChI=1S/C24H22N4O6S2/c1-2-28(17-8-4-3-5-9-17)35(30,31)22-11-7-6-10-20(22)26-27-24-19(25)13-12-16-14-18(36(32,33)34)15-21(29)23(16)24/h3-15,29H,2,25H2,1H3,(H,32,33,34)/b27-26+. The number of anilines is 2. The minimum Gasteiger partial charge on any atom is -0.507 e. The number of phenols is 1. The highest BCUT2D eigenvalue weighted by Crippen LogP contribution is 2.41. The maximum absolute atomic E-state index is 13.5. The van der Waals surface area contributed by atoms with Gasteiger partial charge in [0.2, 0.25) is 0 Å². The quantitative estimate of drug-likeness (QED) is 0.173. The molecule has 0 atom stereocenters. The summed E-state index contributed by atoms with van der Waals surface area (Å²) in [6.07, 6.45) is 0. The average molecular weight is 527 g/mol. The molecule has 0 saturated heterocycles. The number of hydrogen-bond donors (Lipinski definition) is 3. The Bertz CT molecular complexity index is 1690. The van der Waals surface area contributed by atoms with Gasteiger partial charge in [0.1, 0.15) is 22.0 Å². The first-order valence-electron chi connectivity index (χ1n) is 10.6. The number of nitrogen functional groups attached to an aromatic ring is 1. The maximum Gasteiger partial charge on any atom is 0.294 e. The molecule has 12 heteroatoms. The summed E-state index contributed by atoms with van der Waals surface area (Å²) >= 11 is 0. The normalized spacial score (nSPS) is 12.3. The highest BCUT2D eigenvalue weighted by atomic mass is 32.2. The van der Waals surface area contributed by atoms with Gasteiger partial charge in [0, 0.05) is 12.6 Å². The Balaban J connectivity index is 1.84. The highest BCUT2D eigenvalue weighted by molar-refractivity contribution is 7.93. The summed E-state index contributed by atoms with van der Waals surface area (Å²) in [6, 6.07) is 19.6. The van der Waals surface area contributed by atoms with Crippen LogP contribution < -0.4 is 10.0 Å². The van der Waals surface area contributed by atoms with Crippen LogP contribution in [0.4, 0.5) is 22.7 Å². The van der Waals surface area contributed by atoms with Crippen molar-refractivity contribution >= 4 is 53.7 Å². The molecule has 4 rings (SSSR count). The summed E-state index contributed by atoms with van der Waals surface area (Å²) in [4.78, 5) is -0.590. The van der Waals surface area contributed by atoms with Crippen LogP contribution in [0.15, 0.2) is 98.9 Å². The van der Waals surface area contributed by atoms with Crippen LogP contribution in [0.3, 0.4) is 0 Å². The smallest absolute Gasteiger partial charge is 0.294 e. The Hall–Kier alpha value is -4.00. The molecule has 36 heavy (non-hydrogen) atoms. The Labute approximate surface area is 208 Å². The van der Waals surface area contributed by atoms with E-state index in [1.165, 1.54) is 28.6 Å². The van der Waals surface area contributed by atoms with E-state index in [1.54, 1.807) is 49.4 Å². The molecule has 0 saturated carbocycles. The van der Waals surface area contributed by atoms with E-state index in [0.717, 1.165) is 12.1 Å². The third-order valence-corrected chi connectivity index (χ3v) is 8.18. The lowest BCUT2D eigenvalue weighted by Crippen LogP contribution is -2.30. The molecule has 0 aliphatic carbocycles. The van der Waals surface area contributed by atoms with Gasteiger partial charge in [-0.1, -0.05) is 36.4 Å². The minimum atomic E-state index is -4.57. The Kier molecular flexibility index (Phi) is 6.67. The first-order valence-corrected chi connectivity index (χ1v) is 13.5. The van der Waals surface area contributed by atoms with Crippen LogP contribution in [0.5, 0.6) is 5.75 Å². The summed E-state index contributed by atoms with van der Waals surface area (Å²) in [6.45, 7) is 1.90. The topological polar surface area (TPSA) is 163 Å². The number of nitrogens with zero attached hydrogens (tertiary/aromatic N) is 3. The summed E-state index contributed by atoms with van der Waals surface area (Å²) in [5.74, 6) is -0.497. The third kappa shape index (κ3) is 4.73.